The second-order valence-corrected chi connectivity index (χ2v) is 5.96. The van der Waals surface area contributed by atoms with Gasteiger partial charge in [-0.1, -0.05) is 13.3 Å². The molecule has 3 heteroatoms. The van der Waals surface area contributed by atoms with E-state index in [1.54, 1.807) is 0 Å². The molecule has 2 aliphatic rings. The lowest BCUT2D eigenvalue weighted by Crippen LogP contribution is -2.49. The molecule has 3 nitrogen and oxygen atoms in total. The molecule has 0 aliphatic carbocycles. The predicted molar refractivity (Wildman–Crippen MR) is 71.3 cm³/mol. The minimum Gasteiger partial charge on any atom is -0.380 e. The van der Waals surface area contributed by atoms with Crippen LogP contribution in [0.1, 0.15) is 39.0 Å². The van der Waals surface area contributed by atoms with Crippen LogP contribution in [-0.4, -0.2) is 50.8 Å². The quantitative estimate of drug-likeness (QED) is 0.794. The molecule has 0 bridgehead atoms. The van der Waals surface area contributed by atoms with Crippen LogP contribution in [-0.2, 0) is 4.74 Å². The van der Waals surface area contributed by atoms with E-state index in [-0.39, 0.29) is 0 Å². The van der Waals surface area contributed by atoms with Crippen molar-refractivity contribution in [1.29, 1.82) is 0 Å². The summed E-state index contributed by atoms with van der Waals surface area (Å²) in [7, 11) is 2.28. The van der Waals surface area contributed by atoms with Gasteiger partial charge in [-0.15, -0.1) is 0 Å². The van der Waals surface area contributed by atoms with E-state index in [0.717, 1.165) is 13.2 Å². The Morgan fingerprint density at radius 3 is 2.94 bits per heavy atom. The van der Waals surface area contributed by atoms with Gasteiger partial charge in [0.25, 0.3) is 0 Å². The average Bonchev–Trinajstić information content (AvgIpc) is 2.84. The van der Waals surface area contributed by atoms with Crippen LogP contribution in [0.3, 0.4) is 0 Å². The SMILES string of the molecule is CCCC1(CN(C)C2CCOC2)CCCNC1. The van der Waals surface area contributed by atoms with Gasteiger partial charge in [-0.3, -0.25) is 0 Å². The first kappa shape index (κ1) is 13.3. The van der Waals surface area contributed by atoms with Crippen molar-refractivity contribution in [3.63, 3.8) is 0 Å². The predicted octanol–water partition coefficient (Wildman–Crippen LogP) is 1.88. The summed E-state index contributed by atoms with van der Waals surface area (Å²) < 4.78 is 5.50. The maximum absolute atomic E-state index is 5.50. The molecule has 2 unspecified atom stereocenters. The maximum atomic E-state index is 5.50. The first-order valence-electron chi connectivity index (χ1n) is 7.24. The van der Waals surface area contributed by atoms with Gasteiger partial charge in [0.05, 0.1) is 6.61 Å². The molecule has 0 radical (unpaired) electrons. The fourth-order valence-corrected chi connectivity index (χ4v) is 3.52. The van der Waals surface area contributed by atoms with E-state index in [1.165, 1.54) is 51.7 Å². The molecule has 2 aliphatic heterocycles. The standard InChI is InChI=1S/C14H28N2O/c1-3-6-14(7-4-8-15-11-14)12-16(2)13-5-9-17-10-13/h13,15H,3-12H2,1-2H3. The molecule has 2 saturated heterocycles. The Labute approximate surface area is 106 Å². The molecule has 2 heterocycles. The van der Waals surface area contributed by atoms with Crippen molar-refractivity contribution in [1.82, 2.24) is 10.2 Å². The first-order valence-corrected chi connectivity index (χ1v) is 7.24. The van der Waals surface area contributed by atoms with Gasteiger partial charge in [0.15, 0.2) is 0 Å². The summed E-state index contributed by atoms with van der Waals surface area (Å²) in [4.78, 5) is 2.55. The van der Waals surface area contributed by atoms with Crippen molar-refractivity contribution in [2.24, 2.45) is 5.41 Å². The largest absolute Gasteiger partial charge is 0.380 e. The molecular formula is C14H28N2O. The Bertz CT molecular complexity index is 215. The molecule has 0 saturated carbocycles. The van der Waals surface area contributed by atoms with Gasteiger partial charge in [-0.05, 0) is 44.7 Å². The Kier molecular flexibility index (Phi) is 4.83. The summed E-state index contributed by atoms with van der Waals surface area (Å²) in [5, 5.41) is 3.60. The van der Waals surface area contributed by atoms with Crippen molar-refractivity contribution in [3.8, 4) is 0 Å². The van der Waals surface area contributed by atoms with Crippen LogP contribution in [0.25, 0.3) is 0 Å². The third kappa shape index (κ3) is 3.43. The lowest BCUT2D eigenvalue weighted by Gasteiger charge is -2.42. The highest BCUT2D eigenvalue weighted by Gasteiger charge is 2.34. The number of hydrogen-bond acceptors (Lipinski definition) is 3. The number of ether oxygens (including phenoxy) is 1. The van der Waals surface area contributed by atoms with Crippen molar-refractivity contribution < 1.29 is 4.74 Å². The highest BCUT2D eigenvalue weighted by atomic mass is 16.5. The van der Waals surface area contributed by atoms with Crippen molar-refractivity contribution in [2.45, 2.75) is 45.1 Å². The number of hydrogen-bond donors (Lipinski definition) is 1. The summed E-state index contributed by atoms with van der Waals surface area (Å²) in [6, 6.07) is 0.658. The van der Waals surface area contributed by atoms with Crippen molar-refractivity contribution >= 4 is 0 Å². The second-order valence-electron chi connectivity index (χ2n) is 5.96. The van der Waals surface area contributed by atoms with Crippen LogP contribution < -0.4 is 5.32 Å². The summed E-state index contributed by atoms with van der Waals surface area (Å²) in [6.45, 7) is 7.86. The fraction of sp³-hybridized carbons (Fsp3) is 1.00. The van der Waals surface area contributed by atoms with Crippen LogP contribution >= 0.6 is 0 Å². The third-order valence-corrected chi connectivity index (χ3v) is 4.45. The number of nitrogens with one attached hydrogen (secondary N) is 1. The van der Waals surface area contributed by atoms with Gasteiger partial charge >= 0.3 is 0 Å². The van der Waals surface area contributed by atoms with Crippen molar-refractivity contribution in [3.05, 3.63) is 0 Å². The fourth-order valence-electron chi connectivity index (χ4n) is 3.52. The van der Waals surface area contributed by atoms with E-state index < -0.39 is 0 Å². The zero-order valence-corrected chi connectivity index (χ0v) is 11.5. The van der Waals surface area contributed by atoms with E-state index in [4.69, 9.17) is 4.74 Å². The maximum Gasteiger partial charge on any atom is 0.0622 e. The van der Waals surface area contributed by atoms with E-state index >= 15 is 0 Å². The van der Waals surface area contributed by atoms with Gasteiger partial charge in [0, 0.05) is 25.7 Å². The molecule has 0 amide bonds. The number of nitrogens with zero attached hydrogens (tertiary/aromatic N) is 1. The van der Waals surface area contributed by atoms with E-state index in [1.807, 2.05) is 0 Å². The first-order chi connectivity index (χ1) is 8.26. The molecular weight excluding hydrogens is 212 g/mol. The molecule has 2 atom stereocenters. The average molecular weight is 240 g/mol. The van der Waals surface area contributed by atoms with E-state index in [9.17, 15) is 0 Å². The summed E-state index contributed by atoms with van der Waals surface area (Å²) in [5.41, 5.74) is 0.518. The lowest BCUT2D eigenvalue weighted by molar-refractivity contribution is 0.0871. The van der Waals surface area contributed by atoms with Crippen LogP contribution in [0, 0.1) is 5.41 Å². The summed E-state index contributed by atoms with van der Waals surface area (Å²) >= 11 is 0. The zero-order valence-electron chi connectivity index (χ0n) is 11.5. The van der Waals surface area contributed by atoms with Gasteiger partial charge < -0.3 is 15.0 Å². The van der Waals surface area contributed by atoms with E-state index in [0.29, 0.717) is 11.5 Å². The topological polar surface area (TPSA) is 24.5 Å². The highest BCUT2D eigenvalue weighted by Crippen LogP contribution is 2.33. The zero-order chi connectivity index (χ0) is 12.1. The van der Waals surface area contributed by atoms with Crippen LogP contribution in [0.5, 0.6) is 0 Å². The van der Waals surface area contributed by atoms with Gasteiger partial charge in [0.2, 0.25) is 0 Å². The molecule has 100 valence electrons. The van der Waals surface area contributed by atoms with E-state index in [2.05, 4.69) is 24.2 Å². The minimum absolute atomic E-state index is 0.518. The summed E-state index contributed by atoms with van der Waals surface area (Å²) in [6.07, 6.45) is 6.61. The molecule has 0 aromatic carbocycles. The Balaban J connectivity index is 1.91. The molecule has 2 fully saturated rings. The minimum atomic E-state index is 0.518. The highest BCUT2D eigenvalue weighted by molar-refractivity contribution is 4.89. The molecule has 17 heavy (non-hydrogen) atoms. The van der Waals surface area contributed by atoms with Crippen molar-refractivity contribution in [2.75, 3.05) is 39.9 Å². The molecule has 1 N–H and O–H groups in total. The van der Waals surface area contributed by atoms with Gasteiger partial charge in [0.1, 0.15) is 0 Å². The smallest absolute Gasteiger partial charge is 0.0622 e. The Hall–Kier alpha value is -0.120. The number of rotatable bonds is 5. The van der Waals surface area contributed by atoms with Gasteiger partial charge in [-0.2, -0.15) is 0 Å². The lowest BCUT2D eigenvalue weighted by atomic mass is 9.76. The second kappa shape index (κ2) is 6.17. The van der Waals surface area contributed by atoms with Crippen LogP contribution in [0.15, 0.2) is 0 Å². The summed E-state index contributed by atoms with van der Waals surface area (Å²) in [5.74, 6) is 0. The number of piperidine rings is 1. The Morgan fingerprint density at radius 1 is 1.47 bits per heavy atom. The molecule has 0 spiro atoms. The monoisotopic (exact) mass is 240 g/mol. The molecule has 0 aromatic rings. The normalized spacial score (nSPS) is 34.4. The third-order valence-electron chi connectivity index (χ3n) is 4.45. The Morgan fingerprint density at radius 2 is 2.35 bits per heavy atom. The molecule has 2 rings (SSSR count). The molecule has 0 aromatic heterocycles. The van der Waals surface area contributed by atoms with Crippen LogP contribution in [0.4, 0.5) is 0 Å². The van der Waals surface area contributed by atoms with Gasteiger partial charge in [-0.25, -0.2) is 0 Å². The van der Waals surface area contributed by atoms with Crippen LogP contribution in [0.2, 0.25) is 0 Å². The number of likely N-dealkylation sites (N-methyl/N-ethyl adjacent to an activating group) is 1.